The summed E-state index contributed by atoms with van der Waals surface area (Å²) in [5, 5.41) is 13.0. The molecule has 7 heteroatoms. The molecule has 0 saturated heterocycles. The maximum absolute atomic E-state index is 12.8. The summed E-state index contributed by atoms with van der Waals surface area (Å²) >= 11 is 3.40. The number of anilines is 1. The fraction of sp³-hybridized carbons (Fsp3) is 0.222. The number of hydrogen-bond donors (Lipinski definition) is 2. The SMILES string of the molecule is CNC(=O)CN1c2ccccc2C(=O)N(C)[C@H]1c1cc(Br)ccc1O. The Morgan fingerprint density at radius 3 is 2.72 bits per heavy atom. The van der Waals surface area contributed by atoms with Crippen LogP contribution in [0.3, 0.4) is 0 Å². The van der Waals surface area contributed by atoms with Crippen molar-refractivity contribution in [1.82, 2.24) is 10.2 Å². The molecule has 0 unspecified atom stereocenters. The molecule has 25 heavy (non-hydrogen) atoms. The number of para-hydroxylation sites is 1. The number of aromatic hydroxyl groups is 1. The molecule has 2 N–H and O–H groups in total. The average molecular weight is 404 g/mol. The first-order valence-corrected chi connectivity index (χ1v) is 8.55. The minimum absolute atomic E-state index is 0.0573. The Balaban J connectivity index is 2.18. The number of phenols is 1. The number of fused-ring (bicyclic) bond motifs is 1. The molecular formula is C18H18BrN3O3. The fourth-order valence-corrected chi connectivity index (χ4v) is 3.44. The van der Waals surface area contributed by atoms with Crippen LogP contribution in [0.1, 0.15) is 22.1 Å². The van der Waals surface area contributed by atoms with Gasteiger partial charge in [0.15, 0.2) is 0 Å². The highest BCUT2D eigenvalue weighted by Gasteiger charge is 2.38. The maximum Gasteiger partial charge on any atom is 0.257 e. The molecule has 0 fully saturated rings. The lowest BCUT2D eigenvalue weighted by Gasteiger charge is -2.44. The van der Waals surface area contributed by atoms with Crippen molar-refractivity contribution in [2.75, 3.05) is 25.5 Å². The van der Waals surface area contributed by atoms with Crippen molar-refractivity contribution in [3.8, 4) is 5.75 Å². The fourth-order valence-electron chi connectivity index (χ4n) is 3.06. The van der Waals surface area contributed by atoms with E-state index < -0.39 is 6.17 Å². The molecule has 3 rings (SSSR count). The maximum atomic E-state index is 12.8. The van der Waals surface area contributed by atoms with Gasteiger partial charge in [-0.3, -0.25) is 9.59 Å². The van der Waals surface area contributed by atoms with Gasteiger partial charge >= 0.3 is 0 Å². The minimum Gasteiger partial charge on any atom is -0.508 e. The molecule has 1 atom stereocenters. The summed E-state index contributed by atoms with van der Waals surface area (Å²) in [6, 6.07) is 12.2. The predicted octanol–water partition coefficient (Wildman–Crippen LogP) is 2.49. The molecule has 0 aliphatic carbocycles. The van der Waals surface area contributed by atoms with Crippen LogP contribution >= 0.6 is 15.9 Å². The molecule has 2 aromatic rings. The molecule has 1 aliphatic heterocycles. The van der Waals surface area contributed by atoms with E-state index in [1.54, 1.807) is 44.4 Å². The number of phenolic OH excluding ortho intramolecular Hbond substituents is 1. The predicted molar refractivity (Wildman–Crippen MR) is 98.5 cm³/mol. The van der Waals surface area contributed by atoms with Crippen molar-refractivity contribution >= 4 is 33.4 Å². The zero-order valence-corrected chi connectivity index (χ0v) is 15.4. The highest BCUT2D eigenvalue weighted by molar-refractivity contribution is 9.10. The van der Waals surface area contributed by atoms with E-state index in [2.05, 4.69) is 21.2 Å². The third-order valence-electron chi connectivity index (χ3n) is 4.29. The van der Waals surface area contributed by atoms with Gasteiger partial charge in [0.25, 0.3) is 5.91 Å². The topological polar surface area (TPSA) is 72.9 Å². The Morgan fingerprint density at radius 1 is 1.28 bits per heavy atom. The van der Waals surface area contributed by atoms with Crippen LogP contribution in [0, 0.1) is 0 Å². The van der Waals surface area contributed by atoms with Crippen LogP contribution in [-0.4, -0.2) is 42.5 Å². The lowest BCUT2D eigenvalue weighted by Crippen LogP contribution is -2.50. The van der Waals surface area contributed by atoms with Crippen molar-refractivity contribution in [2.24, 2.45) is 0 Å². The second-order valence-corrected chi connectivity index (χ2v) is 6.73. The largest absolute Gasteiger partial charge is 0.508 e. The standard InChI is InChI=1S/C18H18BrN3O3/c1-20-16(24)10-22-14-6-4-3-5-12(14)18(25)21(2)17(22)13-9-11(19)7-8-15(13)23/h3-9,17,23H,10H2,1-2H3,(H,20,24)/t17-/m1/s1. The Kier molecular flexibility index (Phi) is 4.67. The molecule has 0 saturated carbocycles. The van der Waals surface area contributed by atoms with Gasteiger partial charge in [0.1, 0.15) is 11.9 Å². The highest BCUT2D eigenvalue weighted by atomic mass is 79.9. The third-order valence-corrected chi connectivity index (χ3v) is 4.78. The van der Waals surface area contributed by atoms with Crippen LogP contribution in [0.4, 0.5) is 5.69 Å². The van der Waals surface area contributed by atoms with Gasteiger partial charge in [-0.25, -0.2) is 0 Å². The first-order chi connectivity index (χ1) is 11.9. The van der Waals surface area contributed by atoms with Gasteiger partial charge in [0.05, 0.1) is 17.8 Å². The van der Waals surface area contributed by atoms with Gasteiger partial charge in [-0.2, -0.15) is 0 Å². The summed E-state index contributed by atoms with van der Waals surface area (Å²) in [7, 11) is 3.23. The molecule has 0 radical (unpaired) electrons. The zero-order chi connectivity index (χ0) is 18.1. The van der Waals surface area contributed by atoms with Crippen LogP contribution < -0.4 is 10.2 Å². The van der Waals surface area contributed by atoms with Gasteiger partial charge in [-0.1, -0.05) is 28.1 Å². The molecule has 6 nitrogen and oxygen atoms in total. The van der Waals surface area contributed by atoms with Gasteiger partial charge in [0, 0.05) is 24.1 Å². The van der Waals surface area contributed by atoms with E-state index >= 15 is 0 Å². The number of likely N-dealkylation sites (N-methyl/N-ethyl adjacent to an activating group) is 1. The van der Waals surface area contributed by atoms with Crippen molar-refractivity contribution < 1.29 is 14.7 Å². The van der Waals surface area contributed by atoms with Crippen molar-refractivity contribution in [2.45, 2.75) is 6.17 Å². The van der Waals surface area contributed by atoms with E-state index in [4.69, 9.17) is 0 Å². The van der Waals surface area contributed by atoms with Crippen molar-refractivity contribution in [3.63, 3.8) is 0 Å². The zero-order valence-electron chi connectivity index (χ0n) is 13.9. The Labute approximate surface area is 154 Å². The monoisotopic (exact) mass is 403 g/mol. The molecule has 0 spiro atoms. The third kappa shape index (κ3) is 3.07. The second-order valence-electron chi connectivity index (χ2n) is 5.81. The average Bonchev–Trinajstić information content (AvgIpc) is 2.62. The number of carbonyl (C=O) groups is 2. The first-order valence-electron chi connectivity index (χ1n) is 7.76. The van der Waals surface area contributed by atoms with Gasteiger partial charge in [0.2, 0.25) is 5.91 Å². The number of hydrogen-bond acceptors (Lipinski definition) is 4. The highest BCUT2D eigenvalue weighted by Crippen LogP contribution is 2.41. The number of nitrogens with zero attached hydrogens (tertiary/aromatic N) is 2. The van der Waals surface area contributed by atoms with E-state index in [-0.39, 0.29) is 24.1 Å². The number of halogens is 1. The second kappa shape index (κ2) is 6.76. The lowest BCUT2D eigenvalue weighted by atomic mass is 10.0. The van der Waals surface area contributed by atoms with Gasteiger partial charge in [-0.05, 0) is 30.3 Å². The summed E-state index contributed by atoms with van der Waals surface area (Å²) in [6.45, 7) is 0.0573. The smallest absolute Gasteiger partial charge is 0.257 e. The van der Waals surface area contributed by atoms with Gasteiger partial charge < -0.3 is 20.2 Å². The summed E-state index contributed by atoms with van der Waals surface area (Å²) in [5.74, 6) is -0.278. The van der Waals surface area contributed by atoms with Crippen LogP contribution in [-0.2, 0) is 4.79 Å². The van der Waals surface area contributed by atoms with Crippen molar-refractivity contribution in [1.29, 1.82) is 0 Å². The number of rotatable bonds is 3. The van der Waals surface area contributed by atoms with E-state index in [1.165, 1.54) is 4.90 Å². The number of benzene rings is 2. The van der Waals surface area contributed by atoms with Gasteiger partial charge in [-0.15, -0.1) is 0 Å². The summed E-state index contributed by atoms with van der Waals surface area (Å²) in [5.41, 5.74) is 1.74. The molecule has 2 amide bonds. The molecule has 2 aromatic carbocycles. The van der Waals surface area contributed by atoms with Crippen LogP contribution in [0.5, 0.6) is 5.75 Å². The Hall–Kier alpha value is -2.54. The molecule has 1 heterocycles. The Morgan fingerprint density at radius 2 is 2.00 bits per heavy atom. The van der Waals surface area contributed by atoms with Crippen LogP contribution in [0.15, 0.2) is 46.9 Å². The molecule has 0 bridgehead atoms. The molecule has 1 aliphatic rings. The Bertz CT molecular complexity index is 840. The number of amides is 2. The summed E-state index contributed by atoms with van der Waals surface area (Å²) < 4.78 is 0.778. The normalized spacial score (nSPS) is 16.6. The van der Waals surface area contributed by atoms with E-state index in [1.807, 2.05) is 17.0 Å². The van der Waals surface area contributed by atoms with E-state index in [0.717, 1.165) is 4.47 Å². The number of carbonyl (C=O) groups excluding carboxylic acids is 2. The van der Waals surface area contributed by atoms with E-state index in [9.17, 15) is 14.7 Å². The van der Waals surface area contributed by atoms with E-state index in [0.29, 0.717) is 16.8 Å². The molecule has 130 valence electrons. The van der Waals surface area contributed by atoms with Crippen LogP contribution in [0.25, 0.3) is 0 Å². The van der Waals surface area contributed by atoms with Crippen LogP contribution in [0.2, 0.25) is 0 Å². The molecular weight excluding hydrogens is 386 g/mol. The first kappa shape index (κ1) is 17.3. The summed E-state index contributed by atoms with van der Waals surface area (Å²) in [6.07, 6.45) is -0.600. The lowest BCUT2D eigenvalue weighted by molar-refractivity contribution is -0.119. The quantitative estimate of drug-likeness (QED) is 0.825. The summed E-state index contributed by atoms with van der Waals surface area (Å²) in [4.78, 5) is 28.2. The number of nitrogens with one attached hydrogen (secondary N) is 1. The molecule has 0 aromatic heterocycles. The minimum atomic E-state index is -0.600. The van der Waals surface area contributed by atoms with Crippen molar-refractivity contribution in [3.05, 3.63) is 58.1 Å².